The molecule has 14 nitrogen and oxygen atoms in total. The van der Waals surface area contributed by atoms with Crippen LogP contribution in [0.2, 0.25) is 0 Å². The van der Waals surface area contributed by atoms with Crippen LogP contribution in [-0.2, 0) is 41.5 Å². The zero-order valence-corrected chi connectivity index (χ0v) is 34.8. The lowest BCUT2D eigenvalue weighted by atomic mass is 9.84. The van der Waals surface area contributed by atoms with Crippen molar-refractivity contribution in [3.05, 3.63) is 75.4 Å². The van der Waals surface area contributed by atoms with Crippen LogP contribution in [0.4, 0.5) is 0 Å². The fourth-order valence-electron chi connectivity index (χ4n) is 7.92. The maximum atomic E-state index is 14.4. The number of nitrogens with two attached hydrogens (primary N) is 2. The van der Waals surface area contributed by atoms with E-state index in [1.165, 1.54) is 14.2 Å². The van der Waals surface area contributed by atoms with E-state index in [4.69, 9.17) is 30.9 Å². The number of carbonyl (C=O) groups excluding carboxylic acids is 4. The van der Waals surface area contributed by atoms with Crippen LogP contribution in [-0.4, -0.2) is 83.6 Å². The van der Waals surface area contributed by atoms with Gasteiger partial charge in [-0.25, -0.2) is 4.98 Å². The van der Waals surface area contributed by atoms with Crippen molar-refractivity contribution < 1.29 is 28.7 Å². The molecule has 2 aliphatic rings. The monoisotopic (exact) mass is 794 g/mol. The smallest absolute Gasteiger partial charge is 0.310 e. The first-order valence-corrected chi connectivity index (χ1v) is 20.0. The SMILES string of the molecule is C=Cc1c(C)c2cc3nc(c(CC(=O)OC)c4nc(cc5[nH]c(cc1[nH]2)c(C)c5CC)C(C)=C4C(=O)NCCNC(=O)[C@@H](N)CCCCN)[C@@H](CCC(=O)OC)[C@@H]3C. The highest BCUT2D eigenvalue weighted by Gasteiger charge is 2.36. The van der Waals surface area contributed by atoms with Crippen molar-refractivity contribution in [3.8, 4) is 0 Å². The number of fused-ring (bicyclic) bond motifs is 8. The molecule has 0 saturated heterocycles. The first-order chi connectivity index (χ1) is 27.8. The van der Waals surface area contributed by atoms with Gasteiger partial charge >= 0.3 is 11.9 Å². The zero-order valence-electron chi connectivity index (χ0n) is 34.8. The Bertz CT molecular complexity index is 2290. The molecule has 58 heavy (non-hydrogen) atoms. The maximum absolute atomic E-state index is 14.4. The third kappa shape index (κ3) is 9.24. The molecule has 0 saturated carbocycles. The molecule has 310 valence electrons. The van der Waals surface area contributed by atoms with Gasteiger partial charge in [0, 0.05) is 70.2 Å². The molecule has 8 N–H and O–H groups in total. The molecule has 8 bridgehead atoms. The van der Waals surface area contributed by atoms with Gasteiger partial charge in [0.1, 0.15) is 0 Å². The number of allylic oxidation sites excluding steroid dienone is 1. The number of unbranched alkanes of at least 4 members (excludes halogenated alkanes) is 1. The number of rotatable bonds is 16. The number of ether oxygens (including phenoxy) is 2. The molecule has 3 atom stereocenters. The van der Waals surface area contributed by atoms with Crippen LogP contribution in [0, 0.1) is 13.8 Å². The number of nitrogens with one attached hydrogen (secondary N) is 4. The normalized spacial score (nSPS) is 15.5. The van der Waals surface area contributed by atoms with Crippen molar-refractivity contribution in [2.45, 2.75) is 97.4 Å². The molecule has 0 aromatic carbocycles. The number of aryl methyl sites for hydroxylation is 3. The minimum absolute atomic E-state index is 0.112. The number of aromatic nitrogens is 4. The molecule has 0 unspecified atom stereocenters. The third-order valence-electron chi connectivity index (χ3n) is 11.4. The van der Waals surface area contributed by atoms with E-state index in [1.54, 1.807) is 0 Å². The van der Waals surface area contributed by atoms with Gasteiger partial charge < -0.3 is 41.5 Å². The number of aromatic amines is 2. The van der Waals surface area contributed by atoms with Crippen molar-refractivity contribution in [1.82, 2.24) is 30.6 Å². The molecule has 2 amide bonds. The highest BCUT2D eigenvalue weighted by Crippen LogP contribution is 2.44. The molecule has 2 aliphatic heterocycles. The third-order valence-corrected chi connectivity index (χ3v) is 11.4. The summed E-state index contributed by atoms with van der Waals surface area (Å²) >= 11 is 0. The van der Waals surface area contributed by atoms with E-state index in [1.807, 2.05) is 39.0 Å². The lowest BCUT2D eigenvalue weighted by Crippen LogP contribution is -2.43. The Morgan fingerprint density at radius 3 is 2.28 bits per heavy atom. The Morgan fingerprint density at radius 1 is 0.914 bits per heavy atom. The average molecular weight is 795 g/mol. The molecule has 3 aromatic rings. The Hall–Kier alpha value is -5.60. The van der Waals surface area contributed by atoms with Gasteiger partial charge in [0.05, 0.1) is 49.3 Å². The van der Waals surface area contributed by atoms with E-state index >= 15 is 0 Å². The number of esters is 2. The second-order valence-corrected chi connectivity index (χ2v) is 15.0. The second-order valence-electron chi connectivity index (χ2n) is 15.0. The molecule has 5 rings (SSSR count). The van der Waals surface area contributed by atoms with E-state index < -0.39 is 17.9 Å². The Labute approximate surface area is 339 Å². The molecular formula is C44H58N8O6. The summed E-state index contributed by atoms with van der Waals surface area (Å²) in [6.07, 6.45) is 4.86. The predicted molar refractivity (Wildman–Crippen MR) is 227 cm³/mol. The molecule has 0 aliphatic carbocycles. The quantitative estimate of drug-likeness (QED) is 0.0810. The number of H-pyrrole nitrogens is 2. The van der Waals surface area contributed by atoms with Crippen LogP contribution in [0.15, 0.2) is 24.8 Å². The first-order valence-electron chi connectivity index (χ1n) is 20.0. The van der Waals surface area contributed by atoms with E-state index in [0.717, 1.165) is 69.3 Å². The zero-order chi connectivity index (χ0) is 42.3. The predicted octanol–water partition coefficient (Wildman–Crippen LogP) is 5.31. The van der Waals surface area contributed by atoms with Crippen LogP contribution in [0.3, 0.4) is 0 Å². The van der Waals surface area contributed by atoms with Gasteiger partial charge in [-0.2, -0.15) is 0 Å². The molecule has 0 spiro atoms. The molecular weight excluding hydrogens is 737 g/mol. The fourth-order valence-corrected chi connectivity index (χ4v) is 7.92. The first kappa shape index (κ1) is 43.5. The number of nitrogens with zero attached hydrogens (tertiary/aromatic N) is 2. The number of carbonyl (C=O) groups is 4. The summed E-state index contributed by atoms with van der Waals surface area (Å²) in [5.74, 6) is -2.20. The highest BCUT2D eigenvalue weighted by molar-refractivity contribution is 6.27. The van der Waals surface area contributed by atoms with Gasteiger partial charge in [-0.3, -0.25) is 24.2 Å². The van der Waals surface area contributed by atoms with Crippen molar-refractivity contribution >= 4 is 63.0 Å². The minimum Gasteiger partial charge on any atom is -0.469 e. The van der Waals surface area contributed by atoms with Gasteiger partial charge in [0.15, 0.2) is 0 Å². The van der Waals surface area contributed by atoms with Crippen LogP contribution < -0.4 is 22.1 Å². The van der Waals surface area contributed by atoms with Crippen LogP contribution in [0.5, 0.6) is 0 Å². The summed E-state index contributed by atoms with van der Waals surface area (Å²) in [6.45, 7) is 15.0. The van der Waals surface area contributed by atoms with Crippen LogP contribution >= 0.6 is 0 Å². The molecule has 3 aromatic heterocycles. The van der Waals surface area contributed by atoms with Gasteiger partial charge in [0.2, 0.25) is 5.91 Å². The van der Waals surface area contributed by atoms with Crippen molar-refractivity contribution in [1.29, 1.82) is 0 Å². The Kier molecular flexibility index (Phi) is 14.4. The minimum atomic E-state index is -0.677. The second kappa shape index (κ2) is 19.2. The van der Waals surface area contributed by atoms with E-state index in [2.05, 4.69) is 47.1 Å². The standard InChI is InChI=1S/C44H58N8O6/c1-9-27-23(3)32-20-34-25(5)29(14-15-38(53)57-7)41(51-34)30(19-39(54)58-8)42-40(44(56)48-18-17-47-43(55)31(46)13-11-12-16-45)26(6)35(52-42)22-37-28(10-2)24(4)33(50-37)21-36(27)49-32/h9,20-22,25,29,31,49-50H,1,10-19,45-46H2,2-8H3,(H,47,55)(H,48,56)/t25-,29-,31-/m0/s1. The van der Waals surface area contributed by atoms with Crippen LogP contribution in [0.1, 0.15) is 115 Å². The lowest BCUT2D eigenvalue weighted by Gasteiger charge is -2.18. The van der Waals surface area contributed by atoms with Gasteiger partial charge in [-0.05, 0) is 93.5 Å². The van der Waals surface area contributed by atoms with Crippen molar-refractivity contribution in [2.24, 2.45) is 11.5 Å². The van der Waals surface area contributed by atoms with Gasteiger partial charge in [-0.15, -0.1) is 0 Å². The molecule has 0 fully saturated rings. The number of hydrogen-bond acceptors (Lipinski definition) is 10. The highest BCUT2D eigenvalue weighted by atomic mass is 16.5. The molecule has 0 radical (unpaired) electrons. The fraction of sp³-hybridized carbons (Fsp3) is 0.455. The maximum Gasteiger partial charge on any atom is 0.310 e. The summed E-state index contributed by atoms with van der Waals surface area (Å²) in [6, 6.07) is 5.35. The van der Waals surface area contributed by atoms with Crippen molar-refractivity contribution in [3.63, 3.8) is 0 Å². The average Bonchev–Trinajstić information content (AvgIpc) is 3.89. The van der Waals surface area contributed by atoms with Crippen LogP contribution in [0.25, 0.3) is 39.3 Å². The largest absolute Gasteiger partial charge is 0.469 e. The molecule has 5 heterocycles. The molecule has 14 heteroatoms. The number of methoxy groups -OCH3 is 2. The summed E-state index contributed by atoms with van der Waals surface area (Å²) in [5, 5.41) is 5.76. The summed E-state index contributed by atoms with van der Waals surface area (Å²) in [4.78, 5) is 70.4. The Balaban J connectivity index is 1.77. The summed E-state index contributed by atoms with van der Waals surface area (Å²) < 4.78 is 10.2. The topological polar surface area (TPSA) is 220 Å². The number of amides is 2. The van der Waals surface area contributed by atoms with Gasteiger partial charge in [0.25, 0.3) is 5.91 Å². The number of hydrogen-bond donors (Lipinski definition) is 6. The summed E-state index contributed by atoms with van der Waals surface area (Å²) in [5.41, 5.74) is 22.6. The lowest BCUT2D eigenvalue weighted by molar-refractivity contribution is -0.141. The van der Waals surface area contributed by atoms with E-state index in [-0.39, 0.29) is 55.2 Å². The van der Waals surface area contributed by atoms with E-state index in [0.29, 0.717) is 47.6 Å². The van der Waals surface area contributed by atoms with Gasteiger partial charge in [-0.1, -0.05) is 32.9 Å². The Morgan fingerprint density at radius 2 is 1.60 bits per heavy atom. The summed E-state index contributed by atoms with van der Waals surface area (Å²) in [7, 11) is 2.66. The van der Waals surface area contributed by atoms with Crippen molar-refractivity contribution in [2.75, 3.05) is 33.9 Å². The van der Waals surface area contributed by atoms with E-state index in [9.17, 15) is 19.2 Å².